The van der Waals surface area contributed by atoms with Gasteiger partial charge in [-0.15, -0.1) is 20.4 Å². The van der Waals surface area contributed by atoms with E-state index in [9.17, 15) is 48.9 Å². The molecule has 5 amide bonds. The second-order valence-electron chi connectivity index (χ2n) is 30.7. The molecule has 1 unspecified atom stereocenters. The van der Waals surface area contributed by atoms with Crippen molar-refractivity contribution in [3.63, 3.8) is 0 Å². The van der Waals surface area contributed by atoms with Crippen LogP contribution in [-0.2, 0) is 91.2 Å². The van der Waals surface area contributed by atoms with Crippen LogP contribution in [0, 0.1) is 18.8 Å². The van der Waals surface area contributed by atoms with E-state index in [0.29, 0.717) is 167 Å². The summed E-state index contributed by atoms with van der Waals surface area (Å²) in [5.41, 5.74) is 25.7. The summed E-state index contributed by atoms with van der Waals surface area (Å²) in [7, 11) is 0. The number of amides is 5. The van der Waals surface area contributed by atoms with Gasteiger partial charge in [0.15, 0.2) is 5.82 Å². The van der Waals surface area contributed by atoms with Gasteiger partial charge in [0, 0.05) is 124 Å². The zero-order chi connectivity index (χ0) is 94.2. The largest absolute Gasteiger partial charge is 0.508 e. The first-order valence-corrected chi connectivity index (χ1v) is 44.6. The number of allylic oxidation sites excluding steroid dienone is 2. The second kappa shape index (κ2) is 63.7. The number of carbonyl (C=O) groups is 7. The van der Waals surface area contributed by atoms with E-state index < -0.39 is 0 Å². The van der Waals surface area contributed by atoms with E-state index in [1.165, 1.54) is 0 Å². The van der Waals surface area contributed by atoms with Crippen molar-refractivity contribution in [3.05, 3.63) is 277 Å². The third-order valence-corrected chi connectivity index (χ3v) is 20.3. The number of aryl methyl sites for hydroxylation is 1. The number of carbonyl (C=O) groups excluding carboxylic acids is 7. The molecule has 9 N–H and O–H groups in total. The molecule has 0 bridgehead atoms. The highest BCUT2D eigenvalue weighted by atomic mass is 16.5. The number of nitrogens with one attached hydrogen (secondary N) is 4. The molecule has 132 heavy (non-hydrogen) atoms. The van der Waals surface area contributed by atoms with E-state index in [1.807, 2.05) is 133 Å². The molecule has 0 radical (unpaired) electrons. The molecule has 8 aromatic carbocycles. The average Bonchev–Trinajstić information content (AvgIpc) is 0.801. The first-order valence-electron chi connectivity index (χ1n) is 44.6. The summed E-state index contributed by atoms with van der Waals surface area (Å²) in [4.78, 5) is 91.7. The minimum atomic E-state index is -0.157. The third kappa shape index (κ3) is 46.2. The molecule has 2 heterocycles. The summed E-state index contributed by atoms with van der Waals surface area (Å²) in [6.45, 7) is 7.71. The van der Waals surface area contributed by atoms with Crippen LogP contribution < -0.4 is 30.9 Å². The molecule has 1 aliphatic carbocycles. The SMILES string of the molecule is Cc1nnc(-c2ccc(OCCOCCC(=O)NCCc3ccc(O)cc3)cc2)nn1.O=C(CCCC(=O)N1Cc2ccccc2C#Cc2ccccc21)CCOCCC(=O)NCCc1ccc(O)cc1.O=C(CCOCCCC(=O)OC1CC/C=C/CCC1)NCCc1ccc(O)cc1.[N-]=[N+]=NCCCCCC(=O)NCCc1ccc(O)cc1.[N-]=[N+]=NCCc1ccc(O)cc1. The number of aromatic hydroxyl groups is 5. The highest BCUT2D eigenvalue weighted by Gasteiger charge is 2.22. The molecule has 0 saturated heterocycles. The van der Waals surface area contributed by atoms with Gasteiger partial charge in [0.25, 0.3) is 0 Å². The van der Waals surface area contributed by atoms with Crippen LogP contribution in [-0.4, -0.2) is 179 Å². The predicted molar refractivity (Wildman–Crippen MR) is 502 cm³/mol. The molecule has 0 saturated carbocycles. The number of rotatable bonds is 47. The van der Waals surface area contributed by atoms with Gasteiger partial charge in [0.05, 0.1) is 45.3 Å². The van der Waals surface area contributed by atoms with E-state index in [-0.39, 0.29) is 109 Å². The topological polar surface area (TPSA) is 467 Å². The van der Waals surface area contributed by atoms with Gasteiger partial charge in [0.1, 0.15) is 53.0 Å². The Balaban J connectivity index is 0.000000235. The van der Waals surface area contributed by atoms with E-state index >= 15 is 0 Å². The molecule has 1 aliphatic heterocycles. The molecule has 1 aromatic heterocycles. The number of ether oxygens (including phenoxy) is 5. The van der Waals surface area contributed by atoms with Crippen molar-refractivity contribution in [2.24, 2.45) is 10.2 Å². The van der Waals surface area contributed by atoms with Crippen LogP contribution in [0.4, 0.5) is 5.69 Å². The summed E-state index contributed by atoms with van der Waals surface area (Å²) in [6.07, 6.45) is 19.0. The number of para-hydroxylation sites is 1. The standard InChI is InChI=1S/C33H34N2O5.C23H33NO5.C22H25N5O4.C14H20N4O2.C8H9N3O/c36-29(19-22-40-23-20-32(38)34-21-18-25-12-16-30(37)17-13-25)9-5-11-33(39)35-24-28-8-2-1-6-26(28)14-15-27-7-3-4-10-31(27)35;25-20-12-10-19(11-13-20)14-16-24-22(26)15-18-28-17-6-9-23(27)29-21-7-4-2-1-3-5-8-21;1-16-24-26-22(27-25-16)18-4-8-20(9-5-18)31-15-14-30-13-11-21(29)23-12-10-17-2-6-19(28)7-3-17;15-18-17-10-3-1-2-4-14(20)16-11-9-12-5-7-13(19)8-6-12;9-11-10-6-5-7-1-3-8(12)4-2-7/h1-4,6-8,10,12-13,16-17,37H,5,9,11,18-24H2,(H,34,38);1-2,10-13,21,25H,3-9,14-18H2,(H,24,26);2-9,28H,10-15H2,1H3,(H,23,29);5-8,19H,1-4,9-11H2,(H,16,20);1-4,12H,5-6H2/b;2-1+;;;. The van der Waals surface area contributed by atoms with Crippen LogP contribution in [0.2, 0.25) is 0 Å². The molecular weight excluding hydrogens is 1680 g/mol. The molecule has 0 fully saturated rings. The van der Waals surface area contributed by atoms with Gasteiger partial charge in [-0.3, -0.25) is 33.6 Å². The van der Waals surface area contributed by atoms with Gasteiger partial charge in [-0.1, -0.05) is 132 Å². The van der Waals surface area contributed by atoms with E-state index in [0.717, 1.165) is 114 Å². The number of ketones is 1. The lowest BCUT2D eigenvalue weighted by atomic mass is 10.0. The van der Waals surface area contributed by atoms with Crippen molar-refractivity contribution in [1.29, 1.82) is 0 Å². The summed E-state index contributed by atoms with van der Waals surface area (Å²) < 4.78 is 27.6. The number of esters is 1. The number of anilines is 1. The number of fused-ring (bicyclic) bond motifs is 2. The number of aromatic nitrogens is 4. The smallest absolute Gasteiger partial charge is 0.306 e. The number of benzene rings is 8. The number of nitrogens with zero attached hydrogens (tertiary/aromatic N) is 11. The summed E-state index contributed by atoms with van der Waals surface area (Å²) >= 11 is 0. The fourth-order valence-corrected chi connectivity index (χ4v) is 13.0. The van der Waals surface area contributed by atoms with Crippen molar-refractivity contribution in [2.45, 2.75) is 167 Å². The molecule has 2 aliphatic rings. The summed E-state index contributed by atoms with van der Waals surface area (Å²) in [6, 6.07) is 57.4. The minimum absolute atomic E-state index is 0.0357. The van der Waals surface area contributed by atoms with Gasteiger partial charge < -0.3 is 75.4 Å². The second-order valence-corrected chi connectivity index (χ2v) is 30.7. The van der Waals surface area contributed by atoms with Gasteiger partial charge in [-0.2, -0.15) is 0 Å². The molecule has 9 aromatic rings. The number of Topliss-reactive ketones (excluding diaryl/α,β-unsaturated/α-hetero) is 1. The number of azide groups is 2. The Hall–Kier alpha value is -14.2. The Morgan fingerprint density at radius 3 is 1.42 bits per heavy atom. The lowest BCUT2D eigenvalue weighted by Gasteiger charge is -2.26. The Kier molecular flexibility index (Phi) is 50.6. The van der Waals surface area contributed by atoms with Gasteiger partial charge in [0.2, 0.25) is 35.4 Å². The highest BCUT2D eigenvalue weighted by molar-refractivity contribution is 5.95. The van der Waals surface area contributed by atoms with Crippen molar-refractivity contribution in [1.82, 2.24) is 41.7 Å². The van der Waals surface area contributed by atoms with Crippen LogP contribution in [0.15, 0.2) is 217 Å². The lowest BCUT2D eigenvalue weighted by molar-refractivity contribution is -0.150. The maximum absolute atomic E-state index is 13.2. The Morgan fingerprint density at radius 1 is 0.432 bits per heavy atom. The monoisotopic (exact) mass is 1800 g/mol. The number of hydrogen-bond acceptors (Lipinski definition) is 23. The summed E-state index contributed by atoms with van der Waals surface area (Å²) in [5, 5.41) is 79.9. The first kappa shape index (κ1) is 105. The van der Waals surface area contributed by atoms with Crippen LogP contribution in [0.1, 0.15) is 166 Å². The third-order valence-electron chi connectivity index (χ3n) is 20.3. The zero-order valence-corrected chi connectivity index (χ0v) is 74.9. The van der Waals surface area contributed by atoms with Crippen molar-refractivity contribution in [3.8, 4) is 57.7 Å². The first-order chi connectivity index (χ1) is 64.3. The Morgan fingerprint density at radius 2 is 0.886 bits per heavy atom. The van der Waals surface area contributed by atoms with Gasteiger partial charge in [-0.05, 0) is 244 Å². The average molecular weight is 1810 g/mol. The quantitative estimate of drug-likeness (QED) is 0.00325. The maximum atomic E-state index is 13.2. The van der Waals surface area contributed by atoms with Gasteiger partial charge in [-0.25, -0.2) is 0 Å². The van der Waals surface area contributed by atoms with E-state index in [2.05, 4.69) is 85.7 Å². The Labute approximate surface area is 770 Å². The fraction of sp³-hybridized carbons (Fsp3) is 0.390. The van der Waals surface area contributed by atoms with Crippen LogP contribution >= 0.6 is 0 Å². The van der Waals surface area contributed by atoms with Crippen LogP contribution in [0.25, 0.3) is 32.3 Å². The normalized spacial score (nSPS) is 12.2. The van der Waals surface area contributed by atoms with Crippen molar-refractivity contribution < 1.29 is 82.8 Å². The van der Waals surface area contributed by atoms with Gasteiger partial charge >= 0.3 is 5.97 Å². The number of phenolic OH excluding ortho intramolecular Hbond substituents is 5. The minimum Gasteiger partial charge on any atom is -0.508 e. The highest BCUT2D eigenvalue weighted by Crippen LogP contribution is 2.28. The fourth-order valence-electron chi connectivity index (χ4n) is 13.0. The lowest BCUT2D eigenvalue weighted by Crippen LogP contribution is -2.31. The molecule has 698 valence electrons. The molecule has 32 heteroatoms. The van der Waals surface area contributed by atoms with Crippen LogP contribution in [0.3, 0.4) is 0 Å². The van der Waals surface area contributed by atoms with Crippen molar-refractivity contribution >= 4 is 47.0 Å². The molecule has 11 rings (SSSR count). The molecule has 32 nitrogen and oxygen atoms in total. The molecule has 0 spiro atoms. The number of phenols is 5. The van der Waals surface area contributed by atoms with Crippen molar-refractivity contribution in [2.75, 3.05) is 90.4 Å². The van der Waals surface area contributed by atoms with Crippen LogP contribution in [0.5, 0.6) is 34.5 Å². The van der Waals surface area contributed by atoms with E-state index in [1.54, 1.807) is 72.5 Å². The molecule has 1 atom stereocenters. The van der Waals surface area contributed by atoms with E-state index in [4.69, 9.17) is 45.0 Å². The molecular formula is C100H121N15O17. The number of unbranched alkanes of at least 4 members (excludes halogenated alkanes) is 2. The Bertz CT molecular complexity index is 5130. The predicted octanol–water partition coefficient (Wildman–Crippen LogP) is 15.5. The summed E-state index contributed by atoms with van der Waals surface area (Å²) in [5.74, 6) is 8.96. The number of hydrogen-bond donors (Lipinski definition) is 9. The zero-order valence-electron chi connectivity index (χ0n) is 74.9. The maximum Gasteiger partial charge on any atom is 0.306 e.